The van der Waals surface area contributed by atoms with Crippen molar-refractivity contribution in [3.05, 3.63) is 45.1 Å². The lowest BCUT2D eigenvalue weighted by molar-refractivity contribution is -0.0543. The topological polar surface area (TPSA) is 53.4 Å². The summed E-state index contributed by atoms with van der Waals surface area (Å²) in [5.74, 6) is 1.72. The molecule has 0 spiro atoms. The number of thioether (sulfide) groups is 1. The summed E-state index contributed by atoms with van der Waals surface area (Å²) >= 11 is 3.28. The minimum Gasteiger partial charge on any atom is -0.497 e. The zero-order chi connectivity index (χ0) is 22.0. The molecule has 7 heteroatoms. The zero-order valence-electron chi connectivity index (χ0n) is 18.7. The Morgan fingerprint density at radius 1 is 1.26 bits per heavy atom. The molecule has 0 fully saturated rings. The van der Waals surface area contributed by atoms with Crippen LogP contribution in [-0.4, -0.2) is 28.0 Å². The highest BCUT2D eigenvalue weighted by Crippen LogP contribution is 2.39. The fourth-order valence-corrected chi connectivity index (χ4v) is 6.05. The maximum Gasteiger partial charge on any atom is 0.267 e. The molecular weight excluding hydrogens is 428 g/mol. The number of aromatic nitrogens is 2. The third-order valence-electron chi connectivity index (χ3n) is 6.04. The molecule has 0 bridgehead atoms. The van der Waals surface area contributed by atoms with Crippen LogP contribution in [0.4, 0.5) is 0 Å². The third-order valence-corrected chi connectivity index (χ3v) is 8.16. The molecule has 0 aliphatic carbocycles. The SMILES string of the molecule is CCCCCSc1nc2sc3c(c2c(=O)n1-c1ccc(OC)cc1)C[C@](C)(CC)OC3. The molecule has 1 atom stereocenters. The number of unbranched alkanes of at least 4 members (excludes halogenated alkanes) is 2. The molecule has 0 saturated carbocycles. The first-order valence-corrected chi connectivity index (χ1v) is 12.8. The summed E-state index contributed by atoms with van der Waals surface area (Å²) in [5.41, 5.74) is 1.73. The van der Waals surface area contributed by atoms with E-state index in [4.69, 9.17) is 14.5 Å². The van der Waals surface area contributed by atoms with E-state index >= 15 is 0 Å². The Balaban J connectivity index is 1.86. The van der Waals surface area contributed by atoms with E-state index in [1.165, 1.54) is 12.8 Å². The first kappa shape index (κ1) is 22.4. The largest absolute Gasteiger partial charge is 0.497 e. The Hall–Kier alpha value is -1.83. The smallest absolute Gasteiger partial charge is 0.267 e. The van der Waals surface area contributed by atoms with Gasteiger partial charge >= 0.3 is 0 Å². The van der Waals surface area contributed by atoms with Crippen LogP contribution in [0.5, 0.6) is 5.75 Å². The molecule has 1 aromatic carbocycles. The number of hydrogen-bond acceptors (Lipinski definition) is 6. The van der Waals surface area contributed by atoms with E-state index in [2.05, 4.69) is 20.8 Å². The van der Waals surface area contributed by atoms with E-state index in [1.807, 2.05) is 24.3 Å². The Morgan fingerprint density at radius 3 is 2.71 bits per heavy atom. The highest BCUT2D eigenvalue weighted by Gasteiger charge is 2.33. The van der Waals surface area contributed by atoms with Crippen molar-refractivity contribution < 1.29 is 9.47 Å². The van der Waals surface area contributed by atoms with E-state index in [-0.39, 0.29) is 11.2 Å². The highest BCUT2D eigenvalue weighted by atomic mass is 32.2. The molecule has 0 amide bonds. The van der Waals surface area contributed by atoms with Crippen LogP contribution in [-0.2, 0) is 17.8 Å². The number of benzene rings is 1. The molecule has 3 heterocycles. The van der Waals surface area contributed by atoms with Crippen LogP contribution >= 0.6 is 23.1 Å². The standard InChI is InChI=1S/C24H30N2O3S2/c1-5-7-8-13-30-23-25-21-20(18-14-24(3,6-2)29-15-19(18)31-21)22(27)26(23)16-9-11-17(28-4)12-10-16/h9-12H,5-8,13-15H2,1-4H3/t24-/m0/s1. The first-order chi connectivity index (χ1) is 15.0. The minimum atomic E-state index is -0.230. The fraction of sp³-hybridized carbons (Fsp3) is 0.500. The van der Waals surface area contributed by atoms with E-state index in [0.29, 0.717) is 6.61 Å². The molecule has 166 valence electrons. The van der Waals surface area contributed by atoms with Crippen LogP contribution in [0.15, 0.2) is 34.2 Å². The first-order valence-electron chi connectivity index (χ1n) is 11.0. The van der Waals surface area contributed by atoms with Gasteiger partial charge in [0.25, 0.3) is 5.56 Å². The van der Waals surface area contributed by atoms with Crippen molar-refractivity contribution in [3.63, 3.8) is 0 Å². The average molecular weight is 459 g/mol. The van der Waals surface area contributed by atoms with Gasteiger partial charge in [0.15, 0.2) is 5.16 Å². The summed E-state index contributed by atoms with van der Waals surface area (Å²) in [5, 5.41) is 1.52. The molecule has 5 nitrogen and oxygen atoms in total. The number of thiophene rings is 1. The predicted molar refractivity (Wildman–Crippen MR) is 129 cm³/mol. The van der Waals surface area contributed by atoms with Gasteiger partial charge in [-0.25, -0.2) is 4.98 Å². The van der Waals surface area contributed by atoms with Crippen molar-refractivity contribution >= 4 is 33.3 Å². The molecule has 0 saturated heterocycles. The fourth-order valence-electron chi connectivity index (χ4n) is 3.90. The van der Waals surface area contributed by atoms with E-state index in [0.717, 1.165) is 62.3 Å². The van der Waals surface area contributed by atoms with Crippen LogP contribution in [0.3, 0.4) is 0 Å². The van der Waals surface area contributed by atoms with Crippen molar-refractivity contribution in [2.24, 2.45) is 0 Å². The molecular formula is C24H30N2O3S2. The number of methoxy groups -OCH3 is 1. The lowest BCUT2D eigenvalue weighted by Crippen LogP contribution is -2.34. The monoisotopic (exact) mass is 458 g/mol. The summed E-state index contributed by atoms with van der Waals surface area (Å²) in [6.07, 6.45) is 5.13. The van der Waals surface area contributed by atoms with Gasteiger partial charge in [-0.1, -0.05) is 38.5 Å². The second-order valence-corrected chi connectivity index (χ2v) is 10.4. The maximum atomic E-state index is 13.9. The normalized spacial score (nSPS) is 18.3. The molecule has 0 radical (unpaired) electrons. The summed E-state index contributed by atoms with van der Waals surface area (Å²) in [6, 6.07) is 7.65. The Morgan fingerprint density at radius 2 is 2.03 bits per heavy atom. The van der Waals surface area contributed by atoms with Crippen molar-refractivity contribution in [1.29, 1.82) is 0 Å². The van der Waals surface area contributed by atoms with Crippen molar-refractivity contribution in [3.8, 4) is 11.4 Å². The van der Waals surface area contributed by atoms with Gasteiger partial charge in [0.2, 0.25) is 0 Å². The van der Waals surface area contributed by atoms with Gasteiger partial charge in [-0.2, -0.15) is 0 Å². The van der Waals surface area contributed by atoms with Crippen molar-refractivity contribution in [2.75, 3.05) is 12.9 Å². The molecule has 0 unspecified atom stereocenters. The molecule has 3 aromatic rings. The van der Waals surface area contributed by atoms with Gasteiger partial charge in [-0.05, 0) is 49.6 Å². The molecule has 1 aliphatic rings. The molecule has 31 heavy (non-hydrogen) atoms. The number of ether oxygens (including phenoxy) is 2. The second kappa shape index (κ2) is 9.35. The van der Waals surface area contributed by atoms with Crippen molar-refractivity contribution in [2.45, 2.75) is 70.2 Å². The van der Waals surface area contributed by atoms with Crippen LogP contribution < -0.4 is 10.3 Å². The van der Waals surface area contributed by atoms with Crippen LogP contribution in [0.2, 0.25) is 0 Å². The Kier molecular flexibility index (Phi) is 6.74. The van der Waals surface area contributed by atoms with Crippen LogP contribution in [0.1, 0.15) is 56.9 Å². The zero-order valence-corrected chi connectivity index (χ0v) is 20.3. The number of hydrogen-bond donors (Lipinski definition) is 0. The minimum absolute atomic E-state index is 0.0195. The predicted octanol–water partition coefficient (Wildman–Crippen LogP) is 5.98. The second-order valence-electron chi connectivity index (χ2n) is 8.24. The lowest BCUT2D eigenvalue weighted by Gasteiger charge is -2.32. The molecule has 2 aromatic heterocycles. The van der Waals surface area contributed by atoms with Gasteiger partial charge in [0.1, 0.15) is 10.6 Å². The number of fused-ring (bicyclic) bond motifs is 3. The Labute approximate surface area is 191 Å². The third kappa shape index (κ3) is 4.41. The molecule has 1 aliphatic heterocycles. The molecule has 0 N–H and O–H groups in total. The van der Waals surface area contributed by atoms with Crippen molar-refractivity contribution in [1.82, 2.24) is 9.55 Å². The van der Waals surface area contributed by atoms with E-state index in [1.54, 1.807) is 34.8 Å². The summed E-state index contributed by atoms with van der Waals surface area (Å²) < 4.78 is 13.2. The molecule has 4 rings (SSSR count). The quantitative estimate of drug-likeness (QED) is 0.236. The van der Waals surface area contributed by atoms with E-state index in [9.17, 15) is 4.79 Å². The summed E-state index contributed by atoms with van der Waals surface area (Å²) in [7, 11) is 1.65. The highest BCUT2D eigenvalue weighted by molar-refractivity contribution is 7.99. The average Bonchev–Trinajstić information content (AvgIpc) is 3.14. The maximum absolute atomic E-state index is 13.9. The summed E-state index contributed by atoms with van der Waals surface area (Å²) in [4.78, 5) is 20.8. The Bertz CT molecular complexity index is 1120. The van der Waals surface area contributed by atoms with Gasteiger partial charge in [0, 0.05) is 17.1 Å². The van der Waals surface area contributed by atoms with Gasteiger partial charge in [0.05, 0.1) is 30.4 Å². The van der Waals surface area contributed by atoms with Crippen LogP contribution in [0, 0.1) is 0 Å². The number of rotatable bonds is 8. The van der Waals surface area contributed by atoms with Gasteiger partial charge in [-0.15, -0.1) is 11.3 Å². The lowest BCUT2D eigenvalue weighted by atomic mass is 9.90. The van der Waals surface area contributed by atoms with Gasteiger partial charge in [-0.3, -0.25) is 9.36 Å². The summed E-state index contributed by atoms with van der Waals surface area (Å²) in [6.45, 7) is 7.03. The number of nitrogens with zero attached hydrogens (tertiary/aromatic N) is 2. The van der Waals surface area contributed by atoms with E-state index < -0.39 is 0 Å². The van der Waals surface area contributed by atoms with Crippen LogP contribution in [0.25, 0.3) is 15.9 Å². The van der Waals surface area contributed by atoms with Gasteiger partial charge < -0.3 is 9.47 Å².